The van der Waals surface area contributed by atoms with Crippen LogP contribution in [-0.4, -0.2) is 19.2 Å². The second-order valence-electron chi connectivity index (χ2n) is 1.40. The fraction of sp³-hybridized carbons (Fsp3) is 0.400. The van der Waals surface area contributed by atoms with Gasteiger partial charge in [-0.2, -0.15) is 0 Å². The van der Waals surface area contributed by atoms with Crippen molar-refractivity contribution in [3.05, 3.63) is 12.3 Å². The van der Waals surface area contributed by atoms with E-state index in [1.54, 1.807) is 0 Å². The maximum atomic E-state index is 10.4. The number of carbonyl (C=O) groups is 1. The topological polar surface area (TPSA) is 35.5 Å². The highest BCUT2D eigenvalue weighted by Gasteiger charge is 1.98. The number of rotatable bonds is 0. The van der Waals surface area contributed by atoms with Gasteiger partial charge in [-0.25, -0.2) is 0 Å². The molecular formula is C5H6O3. The van der Waals surface area contributed by atoms with Crippen molar-refractivity contribution < 1.29 is 14.3 Å². The highest BCUT2D eigenvalue weighted by Crippen LogP contribution is 1.88. The van der Waals surface area contributed by atoms with Crippen LogP contribution in [0, 0.1) is 0 Å². The minimum absolute atomic E-state index is 0.0532. The molecule has 0 spiro atoms. The van der Waals surface area contributed by atoms with E-state index in [1.165, 1.54) is 12.3 Å². The Morgan fingerprint density at radius 1 is 1.62 bits per heavy atom. The van der Waals surface area contributed by atoms with Gasteiger partial charge in [0.25, 0.3) is 0 Å². The fourth-order valence-corrected chi connectivity index (χ4v) is 0.402. The second-order valence-corrected chi connectivity index (χ2v) is 1.40. The molecule has 1 rings (SSSR count). The van der Waals surface area contributed by atoms with Crippen LogP contribution < -0.4 is 0 Å². The first-order valence-corrected chi connectivity index (χ1v) is 2.28. The summed E-state index contributed by atoms with van der Waals surface area (Å²) in [7, 11) is 0. The van der Waals surface area contributed by atoms with E-state index in [0.717, 1.165) is 0 Å². The maximum Gasteiger partial charge on any atom is 0.188 e. The summed E-state index contributed by atoms with van der Waals surface area (Å²) >= 11 is 0. The zero-order valence-corrected chi connectivity index (χ0v) is 4.29. The average Bonchev–Trinajstić information content (AvgIpc) is 1.94. The summed E-state index contributed by atoms with van der Waals surface area (Å²) in [6.45, 7) is 0.318. The van der Waals surface area contributed by atoms with Crippen molar-refractivity contribution in [2.75, 3.05) is 13.4 Å². The van der Waals surface area contributed by atoms with Crippen LogP contribution in [0.1, 0.15) is 0 Å². The Bertz CT molecular complexity index is 117. The molecule has 0 saturated heterocycles. The minimum Gasteiger partial charge on any atom is -0.475 e. The Kier molecular flexibility index (Phi) is 1.64. The maximum absolute atomic E-state index is 10.4. The molecule has 0 aliphatic carbocycles. The van der Waals surface area contributed by atoms with Gasteiger partial charge in [0, 0.05) is 6.08 Å². The SMILES string of the molecule is O=C1C=COCOC1. The minimum atomic E-state index is -0.0532. The third-order valence-corrected chi connectivity index (χ3v) is 0.746. The molecule has 0 N–H and O–H groups in total. The van der Waals surface area contributed by atoms with Gasteiger partial charge in [-0.3, -0.25) is 4.79 Å². The molecule has 0 fully saturated rings. The van der Waals surface area contributed by atoms with Crippen molar-refractivity contribution in [3.63, 3.8) is 0 Å². The third kappa shape index (κ3) is 1.35. The number of hydrogen-bond acceptors (Lipinski definition) is 3. The molecule has 1 heterocycles. The largest absolute Gasteiger partial charge is 0.475 e. The number of hydrogen-bond donors (Lipinski definition) is 0. The molecular weight excluding hydrogens is 108 g/mol. The van der Waals surface area contributed by atoms with Crippen LogP contribution in [-0.2, 0) is 14.3 Å². The molecule has 0 aromatic rings. The number of carbonyl (C=O) groups excluding carboxylic acids is 1. The van der Waals surface area contributed by atoms with Crippen molar-refractivity contribution in [1.82, 2.24) is 0 Å². The summed E-state index contributed by atoms with van der Waals surface area (Å²) in [6, 6.07) is 0. The summed E-state index contributed by atoms with van der Waals surface area (Å²) in [6.07, 6.45) is 2.70. The van der Waals surface area contributed by atoms with Gasteiger partial charge < -0.3 is 9.47 Å². The van der Waals surface area contributed by atoms with Crippen LogP contribution in [0.2, 0.25) is 0 Å². The molecule has 0 saturated carbocycles. The van der Waals surface area contributed by atoms with E-state index in [0.29, 0.717) is 0 Å². The predicted octanol–water partition coefficient (Wildman–Crippen LogP) is 0.0735. The van der Waals surface area contributed by atoms with Gasteiger partial charge in [0.2, 0.25) is 0 Å². The van der Waals surface area contributed by atoms with Gasteiger partial charge in [-0.1, -0.05) is 0 Å². The van der Waals surface area contributed by atoms with E-state index in [1.807, 2.05) is 0 Å². The molecule has 0 atom stereocenters. The molecule has 44 valence electrons. The lowest BCUT2D eigenvalue weighted by molar-refractivity contribution is -0.120. The van der Waals surface area contributed by atoms with E-state index in [2.05, 4.69) is 9.47 Å². The molecule has 0 unspecified atom stereocenters. The predicted molar refractivity (Wildman–Crippen MR) is 26.1 cm³/mol. The van der Waals surface area contributed by atoms with E-state index in [9.17, 15) is 4.79 Å². The molecule has 0 bridgehead atoms. The first-order valence-electron chi connectivity index (χ1n) is 2.28. The van der Waals surface area contributed by atoms with E-state index >= 15 is 0 Å². The Balaban J connectivity index is 2.44. The van der Waals surface area contributed by atoms with Gasteiger partial charge in [0.05, 0.1) is 6.26 Å². The molecule has 0 radical (unpaired) electrons. The first kappa shape index (κ1) is 5.31. The highest BCUT2D eigenvalue weighted by atomic mass is 16.7. The van der Waals surface area contributed by atoms with Gasteiger partial charge >= 0.3 is 0 Å². The lowest BCUT2D eigenvalue weighted by Gasteiger charge is -1.93. The van der Waals surface area contributed by atoms with Crippen LogP contribution in [0.4, 0.5) is 0 Å². The van der Waals surface area contributed by atoms with E-state index in [-0.39, 0.29) is 19.2 Å². The van der Waals surface area contributed by atoms with E-state index in [4.69, 9.17) is 0 Å². The summed E-state index contributed by atoms with van der Waals surface area (Å²) < 4.78 is 9.31. The van der Waals surface area contributed by atoms with Crippen LogP contribution in [0.15, 0.2) is 12.3 Å². The van der Waals surface area contributed by atoms with Gasteiger partial charge in [-0.05, 0) is 0 Å². The van der Waals surface area contributed by atoms with Gasteiger partial charge in [0.1, 0.15) is 6.61 Å². The van der Waals surface area contributed by atoms with Crippen LogP contribution >= 0.6 is 0 Å². The quantitative estimate of drug-likeness (QED) is 0.447. The van der Waals surface area contributed by atoms with Gasteiger partial charge in [-0.15, -0.1) is 0 Å². The molecule has 3 heteroatoms. The Morgan fingerprint density at radius 2 is 2.50 bits per heavy atom. The first-order chi connectivity index (χ1) is 3.89. The Hall–Kier alpha value is -0.830. The molecule has 1 aliphatic heterocycles. The van der Waals surface area contributed by atoms with Crippen LogP contribution in [0.3, 0.4) is 0 Å². The second kappa shape index (κ2) is 2.47. The summed E-state index contributed by atoms with van der Waals surface area (Å²) in [5, 5.41) is 0. The molecule has 8 heavy (non-hydrogen) atoms. The molecule has 0 aromatic carbocycles. The highest BCUT2D eigenvalue weighted by molar-refractivity contribution is 5.90. The normalized spacial score (nSPS) is 19.8. The summed E-state index contributed by atoms with van der Waals surface area (Å²) in [5.41, 5.74) is 0. The molecule has 0 amide bonds. The lowest BCUT2D eigenvalue weighted by atomic mass is 10.4. The zero-order valence-electron chi connectivity index (χ0n) is 4.29. The van der Waals surface area contributed by atoms with Crippen LogP contribution in [0.5, 0.6) is 0 Å². The Labute approximate surface area is 46.9 Å². The molecule has 1 aliphatic rings. The van der Waals surface area contributed by atoms with Crippen LogP contribution in [0.25, 0.3) is 0 Å². The van der Waals surface area contributed by atoms with Crippen molar-refractivity contribution in [2.45, 2.75) is 0 Å². The number of ketones is 1. The Morgan fingerprint density at radius 3 is 3.38 bits per heavy atom. The van der Waals surface area contributed by atoms with Crippen molar-refractivity contribution in [3.8, 4) is 0 Å². The van der Waals surface area contributed by atoms with Gasteiger partial charge in [0.15, 0.2) is 12.6 Å². The van der Waals surface area contributed by atoms with Crippen molar-refractivity contribution >= 4 is 5.78 Å². The summed E-state index contributed by atoms with van der Waals surface area (Å²) in [5.74, 6) is -0.0532. The van der Waals surface area contributed by atoms with Crippen molar-refractivity contribution in [2.24, 2.45) is 0 Å². The molecule has 0 aromatic heterocycles. The number of ether oxygens (including phenoxy) is 2. The van der Waals surface area contributed by atoms with Crippen molar-refractivity contribution in [1.29, 1.82) is 0 Å². The zero-order chi connectivity index (χ0) is 5.82. The monoisotopic (exact) mass is 114 g/mol. The fourth-order valence-electron chi connectivity index (χ4n) is 0.402. The third-order valence-electron chi connectivity index (χ3n) is 0.746. The standard InChI is InChI=1S/C5H6O3/c6-5-1-2-7-4-8-3-5/h1-2H,3-4H2. The lowest BCUT2D eigenvalue weighted by Crippen LogP contribution is -2.02. The van der Waals surface area contributed by atoms with E-state index < -0.39 is 0 Å². The summed E-state index contributed by atoms with van der Waals surface area (Å²) in [4.78, 5) is 10.4. The smallest absolute Gasteiger partial charge is 0.188 e. The average molecular weight is 114 g/mol. The molecule has 3 nitrogen and oxygen atoms in total.